The van der Waals surface area contributed by atoms with Gasteiger partial charge in [0, 0.05) is 50.1 Å². The van der Waals surface area contributed by atoms with E-state index in [0.717, 1.165) is 56.4 Å². The molecule has 2 fully saturated rings. The van der Waals surface area contributed by atoms with Crippen LogP contribution in [-0.4, -0.2) is 55.2 Å². The van der Waals surface area contributed by atoms with Crippen LogP contribution in [0.3, 0.4) is 0 Å². The molecule has 1 unspecified atom stereocenters. The third kappa shape index (κ3) is 6.16. The molecule has 1 aromatic carbocycles. The molecule has 1 saturated heterocycles. The van der Waals surface area contributed by atoms with Gasteiger partial charge in [-0.15, -0.1) is 0 Å². The molecule has 1 amide bonds. The summed E-state index contributed by atoms with van der Waals surface area (Å²) in [6.07, 6.45) is 5.59. The van der Waals surface area contributed by atoms with E-state index in [4.69, 9.17) is 0 Å². The lowest BCUT2D eigenvalue weighted by Gasteiger charge is -2.21. The van der Waals surface area contributed by atoms with Gasteiger partial charge in [-0.2, -0.15) is 11.8 Å². The molecule has 1 saturated carbocycles. The van der Waals surface area contributed by atoms with Crippen molar-refractivity contribution in [3.8, 4) is 0 Å². The maximum Gasteiger partial charge on any atom is 0.225 e. The topological polar surface area (TPSA) is 56.7 Å². The summed E-state index contributed by atoms with van der Waals surface area (Å²) in [6.45, 7) is 4.68. The van der Waals surface area contributed by atoms with Gasteiger partial charge >= 0.3 is 0 Å². The Morgan fingerprint density at radius 2 is 1.96 bits per heavy atom. The molecule has 0 bridgehead atoms. The zero-order valence-electron chi connectivity index (χ0n) is 17.2. The lowest BCUT2D eigenvalue weighted by molar-refractivity contribution is -0.134. The predicted molar refractivity (Wildman–Crippen MR) is 119 cm³/mol. The summed E-state index contributed by atoms with van der Waals surface area (Å²) in [5.74, 6) is 3.57. The van der Waals surface area contributed by atoms with E-state index >= 15 is 0 Å². The van der Waals surface area contributed by atoms with E-state index in [0.29, 0.717) is 11.9 Å². The number of hydrogen-bond donors (Lipinski definition) is 2. The predicted octanol–water partition coefficient (Wildman–Crippen LogP) is 3.18. The molecule has 5 nitrogen and oxygen atoms in total. The van der Waals surface area contributed by atoms with Gasteiger partial charge in [-0.1, -0.05) is 42.7 Å². The minimum absolute atomic E-state index is 0.279. The van der Waals surface area contributed by atoms with E-state index < -0.39 is 0 Å². The van der Waals surface area contributed by atoms with Gasteiger partial charge in [-0.3, -0.25) is 9.79 Å². The number of likely N-dealkylation sites (tertiary alicyclic amines) is 1. The van der Waals surface area contributed by atoms with E-state index in [2.05, 4.69) is 51.7 Å². The van der Waals surface area contributed by atoms with Gasteiger partial charge in [0.15, 0.2) is 5.96 Å². The molecular formula is C22H34N4OS. The van der Waals surface area contributed by atoms with Gasteiger partial charge in [0.1, 0.15) is 0 Å². The second kappa shape index (κ2) is 10.7. The standard InChI is InChI=1S/C22H34N4OS/c1-17-7-9-18(10-8-17)16-28-14-12-24-22(23-2)25-20-11-13-26(15-20)21(27)19-5-3-4-6-19/h7-10,19-20H,3-6,11-16H2,1-2H3,(H2,23,24,25). The molecule has 1 atom stereocenters. The summed E-state index contributed by atoms with van der Waals surface area (Å²) in [5.41, 5.74) is 2.68. The van der Waals surface area contributed by atoms with Crippen LogP contribution in [0.25, 0.3) is 0 Å². The Balaban J connectivity index is 1.32. The number of nitrogens with zero attached hydrogens (tertiary/aromatic N) is 2. The molecule has 154 valence electrons. The quantitative estimate of drug-likeness (QED) is 0.418. The van der Waals surface area contributed by atoms with Crippen molar-refractivity contribution in [2.75, 3.05) is 32.4 Å². The Hall–Kier alpha value is -1.69. The first-order valence-corrected chi connectivity index (χ1v) is 11.7. The highest BCUT2D eigenvalue weighted by atomic mass is 32.2. The molecule has 3 rings (SSSR count). The first-order chi connectivity index (χ1) is 13.7. The van der Waals surface area contributed by atoms with Crippen LogP contribution in [0.15, 0.2) is 29.3 Å². The lowest BCUT2D eigenvalue weighted by atomic mass is 10.1. The highest BCUT2D eigenvalue weighted by molar-refractivity contribution is 7.98. The Morgan fingerprint density at radius 3 is 2.68 bits per heavy atom. The molecule has 1 aliphatic heterocycles. The van der Waals surface area contributed by atoms with Crippen molar-refractivity contribution in [3.63, 3.8) is 0 Å². The normalized spacial score (nSPS) is 20.6. The number of guanidine groups is 1. The number of nitrogens with one attached hydrogen (secondary N) is 2. The fourth-order valence-corrected chi connectivity index (χ4v) is 4.83. The highest BCUT2D eigenvalue weighted by Crippen LogP contribution is 2.27. The van der Waals surface area contributed by atoms with Crippen molar-refractivity contribution in [3.05, 3.63) is 35.4 Å². The molecule has 0 aromatic heterocycles. The average molecular weight is 403 g/mol. The number of carbonyl (C=O) groups is 1. The van der Waals surface area contributed by atoms with Crippen LogP contribution in [-0.2, 0) is 10.5 Å². The van der Waals surface area contributed by atoms with Crippen LogP contribution in [0, 0.1) is 12.8 Å². The number of hydrogen-bond acceptors (Lipinski definition) is 3. The maximum atomic E-state index is 12.6. The van der Waals surface area contributed by atoms with Gasteiger partial charge in [-0.05, 0) is 31.7 Å². The van der Waals surface area contributed by atoms with Crippen molar-refractivity contribution < 1.29 is 4.79 Å². The number of aliphatic imine (C=N–C) groups is 1. The van der Waals surface area contributed by atoms with Gasteiger partial charge in [0.2, 0.25) is 5.91 Å². The van der Waals surface area contributed by atoms with Crippen LogP contribution in [0.1, 0.15) is 43.2 Å². The average Bonchev–Trinajstić information content (AvgIpc) is 3.40. The Kier molecular flexibility index (Phi) is 8.07. The van der Waals surface area contributed by atoms with Crippen molar-refractivity contribution in [1.82, 2.24) is 15.5 Å². The molecule has 28 heavy (non-hydrogen) atoms. The van der Waals surface area contributed by atoms with E-state index in [1.807, 2.05) is 18.8 Å². The Bertz CT molecular complexity index is 655. The van der Waals surface area contributed by atoms with Gasteiger partial charge in [0.05, 0.1) is 0 Å². The number of amides is 1. The Morgan fingerprint density at radius 1 is 1.21 bits per heavy atom. The van der Waals surface area contributed by atoms with Crippen LogP contribution >= 0.6 is 11.8 Å². The second-order valence-corrected chi connectivity index (χ2v) is 9.04. The zero-order valence-corrected chi connectivity index (χ0v) is 18.1. The molecule has 2 aliphatic rings. The summed E-state index contributed by atoms with van der Waals surface area (Å²) in [6, 6.07) is 9.05. The summed E-state index contributed by atoms with van der Waals surface area (Å²) in [7, 11) is 1.81. The van der Waals surface area contributed by atoms with Crippen molar-refractivity contribution in [2.45, 2.75) is 50.8 Å². The summed E-state index contributed by atoms with van der Waals surface area (Å²) < 4.78 is 0. The molecule has 1 aliphatic carbocycles. The van der Waals surface area contributed by atoms with Crippen LogP contribution in [0.2, 0.25) is 0 Å². The number of benzene rings is 1. The van der Waals surface area contributed by atoms with Crippen LogP contribution < -0.4 is 10.6 Å². The maximum absolute atomic E-state index is 12.6. The summed E-state index contributed by atoms with van der Waals surface area (Å²) in [5, 5.41) is 6.90. The number of aryl methyl sites for hydroxylation is 1. The molecule has 2 N–H and O–H groups in total. The monoisotopic (exact) mass is 402 g/mol. The van der Waals surface area contributed by atoms with E-state index in [-0.39, 0.29) is 5.92 Å². The number of thioether (sulfide) groups is 1. The largest absolute Gasteiger partial charge is 0.356 e. The van der Waals surface area contributed by atoms with E-state index in [1.54, 1.807) is 0 Å². The molecule has 6 heteroatoms. The Labute approximate surface area is 173 Å². The smallest absolute Gasteiger partial charge is 0.225 e. The van der Waals surface area contributed by atoms with E-state index in [9.17, 15) is 4.79 Å². The van der Waals surface area contributed by atoms with E-state index in [1.165, 1.54) is 24.0 Å². The zero-order chi connectivity index (χ0) is 19.8. The van der Waals surface area contributed by atoms with Crippen LogP contribution in [0.5, 0.6) is 0 Å². The third-order valence-corrected chi connectivity index (χ3v) is 6.73. The molecule has 1 heterocycles. The second-order valence-electron chi connectivity index (χ2n) is 7.93. The first-order valence-electron chi connectivity index (χ1n) is 10.5. The summed E-state index contributed by atoms with van der Waals surface area (Å²) >= 11 is 1.93. The molecule has 1 aromatic rings. The fourth-order valence-electron chi connectivity index (χ4n) is 4.01. The minimum Gasteiger partial charge on any atom is -0.356 e. The first kappa shape index (κ1) is 21.0. The highest BCUT2D eigenvalue weighted by Gasteiger charge is 2.32. The molecular weight excluding hydrogens is 368 g/mol. The third-order valence-electron chi connectivity index (χ3n) is 5.70. The minimum atomic E-state index is 0.279. The molecule has 0 spiro atoms. The summed E-state index contributed by atoms with van der Waals surface area (Å²) in [4.78, 5) is 19.0. The van der Waals surface area contributed by atoms with Gasteiger partial charge < -0.3 is 15.5 Å². The van der Waals surface area contributed by atoms with Gasteiger partial charge in [-0.25, -0.2) is 0 Å². The van der Waals surface area contributed by atoms with Crippen LogP contribution in [0.4, 0.5) is 0 Å². The number of rotatable bonds is 7. The van der Waals surface area contributed by atoms with Gasteiger partial charge in [0.25, 0.3) is 0 Å². The number of carbonyl (C=O) groups excluding carboxylic acids is 1. The van der Waals surface area contributed by atoms with Crippen molar-refractivity contribution in [2.24, 2.45) is 10.9 Å². The lowest BCUT2D eigenvalue weighted by Crippen LogP contribution is -2.46. The SMILES string of the molecule is CN=C(NCCSCc1ccc(C)cc1)NC1CCN(C(=O)C2CCCC2)C1. The fraction of sp³-hybridized carbons (Fsp3) is 0.636. The van der Waals surface area contributed by atoms with Crippen molar-refractivity contribution in [1.29, 1.82) is 0 Å². The van der Waals surface area contributed by atoms with Crippen molar-refractivity contribution >= 4 is 23.6 Å². The molecule has 0 radical (unpaired) electrons.